The first-order valence-electron chi connectivity index (χ1n) is 3.18. The van der Waals surface area contributed by atoms with Gasteiger partial charge in [-0.1, -0.05) is 0 Å². The van der Waals surface area contributed by atoms with Crippen molar-refractivity contribution >= 4 is 9.47 Å². The molecule has 58 valence electrons. The predicted molar refractivity (Wildman–Crippen MR) is 43.3 cm³/mol. The topological polar surface area (TPSA) is 45.0 Å². The molecule has 1 N–H and O–H groups in total. The van der Waals surface area contributed by atoms with Crippen molar-refractivity contribution in [2.45, 2.75) is 25.9 Å². The van der Waals surface area contributed by atoms with Gasteiger partial charge in [0, 0.05) is 15.5 Å². The summed E-state index contributed by atoms with van der Waals surface area (Å²) in [6.07, 6.45) is 0. The van der Waals surface area contributed by atoms with Gasteiger partial charge in [0.1, 0.15) is 6.04 Å². The number of nitrogens with one attached hydrogen (secondary N) is 1. The summed E-state index contributed by atoms with van der Waals surface area (Å²) in [4.78, 5) is 0. The molecule has 0 aromatic heterocycles. The van der Waals surface area contributed by atoms with E-state index in [9.17, 15) is 0 Å². The van der Waals surface area contributed by atoms with Gasteiger partial charge in [-0.3, -0.25) is 5.32 Å². The standard InChI is InChI=1S/C6H13N2OP/c1-5(2)8-6(3-7)4-9-10/h5-6,8H,4,10H2,1-2H3. The molecule has 0 aliphatic rings. The van der Waals surface area contributed by atoms with Crippen LogP contribution in [0.2, 0.25) is 0 Å². The molecule has 0 spiro atoms. The molecule has 4 heteroatoms. The molecule has 0 aliphatic heterocycles. The third kappa shape index (κ3) is 4.69. The smallest absolute Gasteiger partial charge is 0.119 e. The second-order valence-electron chi connectivity index (χ2n) is 2.34. The van der Waals surface area contributed by atoms with Gasteiger partial charge in [-0.15, -0.1) is 0 Å². The monoisotopic (exact) mass is 160 g/mol. The molecule has 0 fully saturated rings. The molecule has 2 atom stereocenters. The number of hydrogen-bond donors (Lipinski definition) is 1. The minimum atomic E-state index is -0.197. The van der Waals surface area contributed by atoms with Crippen LogP contribution in [0.1, 0.15) is 13.8 Å². The fraction of sp³-hybridized carbons (Fsp3) is 0.833. The molecule has 3 nitrogen and oxygen atoms in total. The summed E-state index contributed by atoms with van der Waals surface area (Å²) in [5.74, 6) is 0. The highest BCUT2D eigenvalue weighted by Crippen LogP contribution is 1.91. The lowest BCUT2D eigenvalue weighted by Crippen LogP contribution is -2.36. The third-order valence-corrected chi connectivity index (χ3v) is 1.15. The van der Waals surface area contributed by atoms with E-state index in [1.165, 1.54) is 0 Å². The first-order valence-corrected chi connectivity index (χ1v) is 3.65. The molecule has 0 aromatic rings. The lowest BCUT2D eigenvalue weighted by Gasteiger charge is -2.12. The molecule has 2 unspecified atom stereocenters. The quantitative estimate of drug-likeness (QED) is 0.615. The Labute approximate surface area is 64.0 Å². The summed E-state index contributed by atoms with van der Waals surface area (Å²) in [6, 6.07) is 2.21. The van der Waals surface area contributed by atoms with Crippen LogP contribution in [0.25, 0.3) is 0 Å². The van der Waals surface area contributed by atoms with Gasteiger partial charge in [0.2, 0.25) is 0 Å². The van der Waals surface area contributed by atoms with Crippen LogP contribution in [-0.2, 0) is 4.52 Å². The summed E-state index contributed by atoms with van der Waals surface area (Å²) < 4.78 is 4.73. The Bertz CT molecular complexity index is 121. The van der Waals surface area contributed by atoms with E-state index in [4.69, 9.17) is 9.79 Å². The van der Waals surface area contributed by atoms with Crippen molar-refractivity contribution in [3.63, 3.8) is 0 Å². The second kappa shape index (κ2) is 5.61. The van der Waals surface area contributed by atoms with Crippen LogP contribution in [0.15, 0.2) is 0 Å². The van der Waals surface area contributed by atoms with Gasteiger partial charge in [-0.2, -0.15) is 5.26 Å². The lowest BCUT2D eigenvalue weighted by molar-refractivity contribution is 0.323. The van der Waals surface area contributed by atoms with E-state index in [-0.39, 0.29) is 6.04 Å². The average Bonchev–Trinajstić information content (AvgIpc) is 1.86. The fourth-order valence-corrected chi connectivity index (χ4v) is 0.814. The zero-order chi connectivity index (χ0) is 7.98. The van der Waals surface area contributed by atoms with E-state index in [0.717, 1.165) is 0 Å². The van der Waals surface area contributed by atoms with Crippen LogP contribution < -0.4 is 5.32 Å². The molecular formula is C6H13N2OP. The molecular weight excluding hydrogens is 147 g/mol. The molecule has 0 aromatic carbocycles. The molecule has 0 bridgehead atoms. The highest BCUT2D eigenvalue weighted by atomic mass is 31.0. The number of nitrogens with zero attached hydrogens (tertiary/aromatic N) is 1. The molecule has 0 rings (SSSR count). The third-order valence-electron chi connectivity index (χ3n) is 0.953. The average molecular weight is 160 g/mol. The molecule has 0 aliphatic carbocycles. The van der Waals surface area contributed by atoms with Crippen molar-refractivity contribution < 1.29 is 4.52 Å². The highest BCUT2D eigenvalue weighted by Gasteiger charge is 2.06. The highest BCUT2D eigenvalue weighted by molar-refractivity contribution is 7.09. The van der Waals surface area contributed by atoms with Gasteiger partial charge >= 0.3 is 0 Å². The van der Waals surface area contributed by atoms with E-state index in [1.54, 1.807) is 0 Å². The van der Waals surface area contributed by atoms with E-state index in [0.29, 0.717) is 12.6 Å². The maximum atomic E-state index is 8.50. The largest absolute Gasteiger partial charge is 0.363 e. The van der Waals surface area contributed by atoms with Gasteiger partial charge in [-0.25, -0.2) is 0 Å². The van der Waals surface area contributed by atoms with Crippen LogP contribution in [0.3, 0.4) is 0 Å². The van der Waals surface area contributed by atoms with Gasteiger partial charge in [0.15, 0.2) is 0 Å². The van der Waals surface area contributed by atoms with Gasteiger partial charge in [0.05, 0.1) is 12.7 Å². The van der Waals surface area contributed by atoms with E-state index in [1.807, 2.05) is 13.8 Å². The maximum absolute atomic E-state index is 8.50. The van der Waals surface area contributed by atoms with Gasteiger partial charge in [0.25, 0.3) is 0 Å². The Kier molecular flexibility index (Phi) is 5.52. The minimum Gasteiger partial charge on any atom is -0.363 e. The number of rotatable bonds is 4. The molecule has 0 saturated heterocycles. The summed E-state index contributed by atoms with van der Waals surface area (Å²) in [6.45, 7) is 4.40. The molecule has 0 heterocycles. The Morgan fingerprint density at radius 3 is 2.60 bits per heavy atom. The number of nitriles is 1. The van der Waals surface area contributed by atoms with Crippen LogP contribution in [0, 0.1) is 11.3 Å². The van der Waals surface area contributed by atoms with Crippen molar-refractivity contribution in [3.05, 3.63) is 0 Å². The summed E-state index contributed by atoms with van der Waals surface area (Å²) >= 11 is 0. The first-order chi connectivity index (χ1) is 4.70. The fourth-order valence-electron chi connectivity index (χ4n) is 0.621. The van der Waals surface area contributed by atoms with Crippen molar-refractivity contribution in [1.82, 2.24) is 5.32 Å². The Morgan fingerprint density at radius 2 is 2.30 bits per heavy atom. The first kappa shape index (κ1) is 9.84. The van der Waals surface area contributed by atoms with Crippen LogP contribution in [0.5, 0.6) is 0 Å². The Morgan fingerprint density at radius 1 is 1.70 bits per heavy atom. The van der Waals surface area contributed by atoms with E-state index >= 15 is 0 Å². The lowest BCUT2D eigenvalue weighted by atomic mass is 10.3. The SMILES string of the molecule is CC(C)NC(C#N)COP. The summed E-state index contributed by atoms with van der Waals surface area (Å²) in [5, 5.41) is 11.5. The van der Waals surface area contributed by atoms with Crippen molar-refractivity contribution in [2.24, 2.45) is 0 Å². The summed E-state index contributed by atoms with van der Waals surface area (Å²) in [7, 11) is 2.12. The van der Waals surface area contributed by atoms with Crippen LogP contribution in [0.4, 0.5) is 0 Å². The number of hydrogen-bond acceptors (Lipinski definition) is 3. The normalized spacial score (nSPS) is 13.1. The van der Waals surface area contributed by atoms with E-state index in [2.05, 4.69) is 20.9 Å². The Hall–Kier alpha value is -0.160. The second-order valence-corrected chi connectivity index (χ2v) is 2.67. The maximum Gasteiger partial charge on any atom is 0.119 e. The van der Waals surface area contributed by atoms with Crippen LogP contribution >= 0.6 is 9.47 Å². The van der Waals surface area contributed by atoms with E-state index < -0.39 is 0 Å². The molecule has 10 heavy (non-hydrogen) atoms. The molecule has 0 radical (unpaired) electrons. The zero-order valence-corrected chi connectivity index (χ0v) is 7.45. The van der Waals surface area contributed by atoms with Crippen molar-refractivity contribution in [2.75, 3.05) is 6.61 Å². The van der Waals surface area contributed by atoms with Gasteiger partial charge in [-0.05, 0) is 13.8 Å². The van der Waals surface area contributed by atoms with Gasteiger partial charge < -0.3 is 4.52 Å². The molecule has 0 amide bonds. The van der Waals surface area contributed by atoms with Crippen LogP contribution in [-0.4, -0.2) is 18.7 Å². The summed E-state index contributed by atoms with van der Waals surface area (Å²) in [5.41, 5.74) is 0. The minimum absolute atomic E-state index is 0.197. The van der Waals surface area contributed by atoms with Crippen molar-refractivity contribution in [3.8, 4) is 6.07 Å². The zero-order valence-electron chi connectivity index (χ0n) is 6.29. The molecule has 0 saturated carbocycles. The predicted octanol–water partition coefficient (Wildman–Crippen LogP) is 0.683. The van der Waals surface area contributed by atoms with Crippen molar-refractivity contribution in [1.29, 1.82) is 5.26 Å². The Balaban J connectivity index is 3.52.